The zero-order valence-corrected chi connectivity index (χ0v) is 15.2. The first kappa shape index (κ1) is 17.6. The number of nitrogens with zero attached hydrogens (tertiary/aromatic N) is 2. The van der Waals surface area contributed by atoms with Crippen LogP contribution in [0.4, 0.5) is 0 Å². The fourth-order valence-corrected chi connectivity index (χ4v) is 2.59. The molecule has 1 aliphatic heterocycles. The predicted octanol–water partition coefficient (Wildman–Crippen LogP) is 2.11. The maximum absolute atomic E-state index is 11.4. The van der Waals surface area contributed by atoms with Gasteiger partial charge in [-0.2, -0.15) is 5.10 Å². The van der Waals surface area contributed by atoms with Crippen molar-refractivity contribution >= 4 is 30.1 Å². The molecule has 8 heteroatoms. The quantitative estimate of drug-likeness (QED) is 0.831. The normalized spacial score (nSPS) is 19.4. The summed E-state index contributed by atoms with van der Waals surface area (Å²) in [6.45, 7) is 9.80. The lowest BCUT2D eigenvalue weighted by atomic mass is 9.77. The van der Waals surface area contributed by atoms with E-state index in [4.69, 9.17) is 9.31 Å². The molecule has 1 fully saturated rings. The summed E-state index contributed by atoms with van der Waals surface area (Å²) in [5, 5.41) is 10.9. The van der Waals surface area contributed by atoms with Crippen molar-refractivity contribution in [1.29, 1.82) is 0 Å². The van der Waals surface area contributed by atoms with Crippen molar-refractivity contribution in [2.24, 2.45) is 0 Å². The molecule has 25 heavy (non-hydrogen) atoms. The number of pyridine rings is 1. The number of aromatic amines is 1. The Bertz CT molecular complexity index is 812. The Labute approximate surface area is 147 Å². The highest BCUT2D eigenvalue weighted by Gasteiger charge is 2.52. The van der Waals surface area contributed by atoms with Crippen LogP contribution in [0.3, 0.4) is 0 Å². The Kier molecular flexibility index (Phi) is 4.42. The van der Waals surface area contributed by atoms with E-state index in [9.17, 15) is 4.79 Å². The maximum atomic E-state index is 11.4. The molecule has 1 amide bonds. The lowest BCUT2D eigenvalue weighted by molar-refractivity contribution is -0.118. The van der Waals surface area contributed by atoms with Crippen molar-refractivity contribution in [2.75, 3.05) is 6.54 Å². The van der Waals surface area contributed by atoms with Crippen LogP contribution in [0.2, 0.25) is 0 Å². The number of fused-ring (bicyclic) bond motifs is 1. The van der Waals surface area contributed by atoms with Crippen molar-refractivity contribution in [3.63, 3.8) is 0 Å². The van der Waals surface area contributed by atoms with Crippen molar-refractivity contribution in [3.8, 4) is 0 Å². The molecule has 3 rings (SSSR count). The standard InChI is InChI=1S/C17H23BN4O3/c1-11(23)20-10-12(18-24-16(2,3)17(4,5)25-18)9-14-13-7-6-8-19-15(13)22-21-14/h6-9H,10H2,1-5H3,(H,20,23)(H,19,21,22). The fraction of sp³-hybridized carbons (Fsp3) is 0.471. The summed E-state index contributed by atoms with van der Waals surface area (Å²) in [6, 6.07) is 3.80. The fourth-order valence-electron chi connectivity index (χ4n) is 2.59. The van der Waals surface area contributed by atoms with E-state index in [1.54, 1.807) is 6.20 Å². The summed E-state index contributed by atoms with van der Waals surface area (Å²) in [5.74, 6) is -0.112. The van der Waals surface area contributed by atoms with E-state index in [0.717, 1.165) is 16.6 Å². The molecule has 132 valence electrons. The summed E-state index contributed by atoms with van der Waals surface area (Å²) < 4.78 is 12.3. The van der Waals surface area contributed by atoms with Crippen molar-refractivity contribution < 1.29 is 14.1 Å². The van der Waals surface area contributed by atoms with Gasteiger partial charge in [0.1, 0.15) is 0 Å². The largest absolute Gasteiger partial charge is 0.492 e. The van der Waals surface area contributed by atoms with Gasteiger partial charge in [0.25, 0.3) is 0 Å². The second-order valence-corrected chi connectivity index (χ2v) is 7.23. The molecule has 0 unspecified atom stereocenters. The van der Waals surface area contributed by atoms with Gasteiger partial charge in [-0.15, -0.1) is 0 Å². The van der Waals surface area contributed by atoms with Gasteiger partial charge in [0.2, 0.25) is 5.91 Å². The number of carbonyl (C=O) groups excluding carboxylic acids is 1. The summed E-state index contributed by atoms with van der Waals surface area (Å²) >= 11 is 0. The van der Waals surface area contributed by atoms with E-state index in [1.165, 1.54) is 6.92 Å². The number of hydrogen-bond donors (Lipinski definition) is 2. The molecule has 7 nitrogen and oxygen atoms in total. The second-order valence-electron chi connectivity index (χ2n) is 7.23. The number of nitrogens with one attached hydrogen (secondary N) is 2. The van der Waals surface area contributed by atoms with Crippen molar-refractivity contribution in [1.82, 2.24) is 20.5 Å². The predicted molar refractivity (Wildman–Crippen MR) is 96.6 cm³/mol. The molecule has 0 radical (unpaired) electrons. The molecular formula is C17H23BN4O3. The first-order chi connectivity index (χ1) is 11.7. The Balaban J connectivity index is 1.96. The van der Waals surface area contributed by atoms with E-state index in [0.29, 0.717) is 12.2 Å². The smallest absolute Gasteiger partial charge is 0.400 e. The zero-order chi connectivity index (χ0) is 18.2. The summed E-state index contributed by atoms with van der Waals surface area (Å²) in [6.07, 6.45) is 3.61. The Morgan fingerprint density at radius 1 is 1.32 bits per heavy atom. The highest BCUT2D eigenvalue weighted by molar-refractivity contribution is 6.56. The zero-order valence-electron chi connectivity index (χ0n) is 15.2. The van der Waals surface area contributed by atoms with Gasteiger partial charge in [0.15, 0.2) is 5.65 Å². The van der Waals surface area contributed by atoms with Gasteiger partial charge in [0.05, 0.1) is 16.9 Å². The SMILES string of the molecule is CC(=O)NCC(=Cc1[nH]nc2ncccc12)B1OC(C)(C)C(C)(C)O1. The lowest BCUT2D eigenvalue weighted by Crippen LogP contribution is -2.41. The van der Waals surface area contributed by atoms with Crippen LogP contribution in [0.15, 0.2) is 23.8 Å². The number of hydrogen-bond acceptors (Lipinski definition) is 5. The number of carbonyl (C=O) groups is 1. The molecule has 0 spiro atoms. The molecule has 3 heterocycles. The highest BCUT2D eigenvalue weighted by atomic mass is 16.7. The second kappa shape index (κ2) is 6.27. The first-order valence-electron chi connectivity index (χ1n) is 8.29. The average Bonchev–Trinajstić information content (AvgIpc) is 3.02. The van der Waals surface area contributed by atoms with E-state index < -0.39 is 18.3 Å². The molecule has 2 aromatic rings. The maximum Gasteiger partial charge on any atom is 0.492 e. The van der Waals surface area contributed by atoms with Crippen LogP contribution in [0.5, 0.6) is 0 Å². The minimum Gasteiger partial charge on any atom is -0.400 e. The third kappa shape index (κ3) is 3.45. The molecule has 2 N–H and O–H groups in total. The molecule has 1 saturated heterocycles. The van der Waals surface area contributed by atoms with E-state index in [-0.39, 0.29) is 5.91 Å². The summed E-state index contributed by atoms with van der Waals surface area (Å²) in [4.78, 5) is 15.6. The lowest BCUT2D eigenvalue weighted by Gasteiger charge is -2.32. The molecule has 2 aromatic heterocycles. The van der Waals surface area contributed by atoms with Crippen LogP contribution >= 0.6 is 0 Å². The average molecular weight is 342 g/mol. The van der Waals surface area contributed by atoms with Crippen LogP contribution in [0.1, 0.15) is 40.3 Å². The van der Waals surface area contributed by atoms with Crippen LogP contribution in [-0.2, 0) is 14.1 Å². The monoisotopic (exact) mass is 342 g/mol. The number of rotatable bonds is 4. The van der Waals surface area contributed by atoms with Gasteiger partial charge in [-0.25, -0.2) is 4.98 Å². The first-order valence-corrected chi connectivity index (χ1v) is 8.29. The molecule has 1 aliphatic rings. The van der Waals surface area contributed by atoms with Gasteiger partial charge in [0, 0.05) is 25.1 Å². The number of amides is 1. The van der Waals surface area contributed by atoms with Crippen LogP contribution in [0.25, 0.3) is 17.1 Å². The minimum atomic E-state index is -0.549. The van der Waals surface area contributed by atoms with E-state index in [1.807, 2.05) is 45.9 Å². The van der Waals surface area contributed by atoms with Crippen LogP contribution in [0, 0.1) is 0 Å². The third-order valence-corrected chi connectivity index (χ3v) is 4.79. The molecule has 0 saturated carbocycles. The number of aromatic nitrogens is 3. The highest BCUT2D eigenvalue weighted by Crippen LogP contribution is 2.38. The van der Waals surface area contributed by atoms with Gasteiger partial charge in [-0.05, 0) is 51.4 Å². The summed E-state index contributed by atoms with van der Waals surface area (Å²) in [5.41, 5.74) is 1.35. The topological polar surface area (TPSA) is 89.1 Å². The molecule has 0 atom stereocenters. The molecular weight excluding hydrogens is 319 g/mol. The Hall–Kier alpha value is -2.19. The van der Waals surface area contributed by atoms with E-state index >= 15 is 0 Å². The van der Waals surface area contributed by atoms with Gasteiger partial charge >= 0.3 is 7.12 Å². The van der Waals surface area contributed by atoms with Crippen molar-refractivity contribution in [3.05, 3.63) is 29.5 Å². The van der Waals surface area contributed by atoms with Crippen LogP contribution < -0.4 is 5.32 Å². The van der Waals surface area contributed by atoms with Crippen molar-refractivity contribution in [2.45, 2.75) is 45.8 Å². The van der Waals surface area contributed by atoms with Crippen LogP contribution in [-0.4, -0.2) is 46.0 Å². The molecule has 0 aliphatic carbocycles. The number of H-pyrrole nitrogens is 1. The Morgan fingerprint density at radius 3 is 2.64 bits per heavy atom. The molecule has 0 aromatic carbocycles. The van der Waals surface area contributed by atoms with Gasteiger partial charge in [-0.1, -0.05) is 0 Å². The molecule has 0 bridgehead atoms. The van der Waals surface area contributed by atoms with Gasteiger partial charge in [-0.3, -0.25) is 9.89 Å². The van der Waals surface area contributed by atoms with Gasteiger partial charge < -0.3 is 14.6 Å². The summed E-state index contributed by atoms with van der Waals surface area (Å²) in [7, 11) is -0.549. The Morgan fingerprint density at radius 2 is 2.00 bits per heavy atom. The van der Waals surface area contributed by atoms with E-state index in [2.05, 4.69) is 20.5 Å². The minimum absolute atomic E-state index is 0.112. The third-order valence-electron chi connectivity index (χ3n) is 4.79.